The zero-order valence-electron chi connectivity index (χ0n) is 14.5. The summed E-state index contributed by atoms with van der Waals surface area (Å²) < 4.78 is 6.96. The van der Waals surface area contributed by atoms with Crippen LogP contribution in [0, 0.1) is 5.92 Å². The molecule has 4 rings (SSSR count). The van der Waals surface area contributed by atoms with Crippen molar-refractivity contribution in [2.75, 3.05) is 7.11 Å². The maximum atomic E-state index is 12.7. The maximum Gasteiger partial charge on any atom is 0.329 e. The Morgan fingerprint density at radius 2 is 2.00 bits per heavy atom. The van der Waals surface area contributed by atoms with Gasteiger partial charge in [-0.15, -0.1) is 0 Å². The minimum atomic E-state index is -0.584. The number of methoxy groups -OCH3 is 1. The first kappa shape index (κ1) is 17.1. The molecule has 2 aliphatic rings. The van der Waals surface area contributed by atoms with Crippen LogP contribution in [0.3, 0.4) is 0 Å². The van der Waals surface area contributed by atoms with Crippen LogP contribution >= 0.6 is 11.6 Å². The number of amides is 1. The van der Waals surface area contributed by atoms with Crippen LogP contribution in [0.5, 0.6) is 0 Å². The van der Waals surface area contributed by atoms with Gasteiger partial charge in [-0.05, 0) is 30.5 Å². The molecular weight excluding hydrogens is 354 g/mol. The standard InChI is InChI=1S/C19H20ClN3O3/c1-26-19(25)16-8-15-17(10-23(16)18(24)13-4-5-13)22(11-21-15)9-12-2-6-14(20)7-3-12/h2-3,6-7,11,13,16H,4-5,8-10H2,1H3/t16-/m0/s1. The second-order valence-electron chi connectivity index (χ2n) is 6.88. The third kappa shape index (κ3) is 3.21. The summed E-state index contributed by atoms with van der Waals surface area (Å²) in [6.45, 7) is 1.03. The Balaban J connectivity index is 1.61. The Kier molecular flexibility index (Phi) is 4.44. The SMILES string of the molecule is COC(=O)[C@@H]1Cc2ncn(Cc3ccc(Cl)cc3)c2CN1C(=O)C1CC1. The van der Waals surface area contributed by atoms with Crippen molar-refractivity contribution in [1.29, 1.82) is 0 Å². The lowest BCUT2D eigenvalue weighted by Crippen LogP contribution is -2.50. The van der Waals surface area contributed by atoms with E-state index >= 15 is 0 Å². The van der Waals surface area contributed by atoms with E-state index in [-0.39, 0.29) is 17.8 Å². The van der Waals surface area contributed by atoms with E-state index in [1.807, 2.05) is 28.8 Å². The van der Waals surface area contributed by atoms with Crippen molar-refractivity contribution in [3.63, 3.8) is 0 Å². The smallest absolute Gasteiger partial charge is 0.329 e. The van der Waals surface area contributed by atoms with E-state index in [1.54, 1.807) is 11.2 Å². The number of benzene rings is 1. The van der Waals surface area contributed by atoms with Crippen LogP contribution in [0.25, 0.3) is 0 Å². The van der Waals surface area contributed by atoms with Gasteiger partial charge in [-0.25, -0.2) is 9.78 Å². The van der Waals surface area contributed by atoms with Crippen LogP contribution in [0.2, 0.25) is 5.02 Å². The molecule has 2 aromatic rings. The van der Waals surface area contributed by atoms with E-state index in [1.165, 1.54) is 7.11 Å². The molecule has 2 heterocycles. The molecule has 0 saturated heterocycles. The first-order valence-corrected chi connectivity index (χ1v) is 9.10. The van der Waals surface area contributed by atoms with E-state index in [4.69, 9.17) is 16.3 Å². The molecule has 1 aromatic heterocycles. The minimum absolute atomic E-state index is 0.0466. The number of fused-ring (bicyclic) bond motifs is 1. The summed E-state index contributed by atoms with van der Waals surface area (Å²) in [5, 5.41) is 0.698. The quantitative estimate of drug-likeness (QED) is 0.772. The molecule has 1 amide bonds. The number of aromatic nitrogens is 2. The van der Waals surface area contributed by atoms with Crippen molar-refractivity contribution in [3.05, 3.63) is 52.6 Å². The molecule has 26 heavy (non-hydrogen) atoms. The number of imidazole rings is 1. The van der Waals surface area contributed by atoms with Gasteiger partial charge < -0.3 is 14.2 Å². The van der Waals surface area contributed by atoms with Gasteiger partial charge in [0.15, 0.2) is 0 Å². The summed E-state index contributed by atoms with van der Waals surface area (Å²) in [6.07, 6.45) is 3.98. The van der Waals surface area contributed by atoms with Crippen LogP contribution in [-0.4, -0.2) is 39.5 Å². The Hall–Kier alpha value is -2.34. The van der Waals surface area contributed by atoms with Gasteiger partial charge in [0.05, 0.1) is 31.4 Å². The fourth-order valence-corrected chi connectivity index (χ4v) is 3.56. The zero-order chi connectivity index (χ0) is 18.3. The van der Waals surface area contributed by atoms with Gasteiger partial charge in [0, 0.05) is 23.9 Å². The van der Waals surface area contributed by atoms with Crippen molar-refractivity contribution < 1.29 is 14.3 Å². The summed E-state index contributed by atoms with van der Waals surface area (Å²) >= 11 is 5.95. The van der Waals surface area contributed by atoms with E-state index in [0.717, 1.165) is 29.8 Å². The Morgan fingerprint density at radius 1 is 1.27 bits per heavy atom. The van der Waals surface area contributed by atoms with Gasteiger partial charge in [0.25, 0.3) is 0 Å². The Labute approximate surface area is 156 Å². The van der Waals surface area contributed by atoms with Crippen LogP contribution in [-0.2, 0) is 33.8 Å². The predicted molar refractivity (Wildman–Crippen MR) is 95.6 cm³/mol. The largest absolute Gasteiger partial charge is 0.467 e. The van der Waals surface area contributed by atoms with E-state index < -0.39 is 6.04 Å². The molecule has 136 valence electrons. The highest BCUT2D eigenvalue weighted by molar-refractivity contribution is 6.30. The van der Waals surface area contributed by atoms with Crippen LogP contribution < -0.4 is 0 Å². The normalized spacial score (nSPS) is 19.2. The van der Waals surface area contributed by atoms with Crippen molar-refractivity contribution in [2.24, 2.45) is 5.92 Å². The highest BCUT2D eigenvalue weighted by Gasteiger charge is 2.42. The van der Waals surface area contributed by atoms with Crippen LogP contribution in [0.1, 0.15) is 29.8 Å². The second kappa shape index (κ2) is 6.76. The second-order valence-corrected chi connectivity index (χ2v) is 7.31. The van der Waals surface area contributed by atoms with Gasteiger partial charge >= 0.3 is 5.97 Å². The van der Waals surface area contributed by atoms with Gasteiger partial charge in [0.1, 0.15) is 6.04 Å². The van der Waals surface area contributed by atoms with Gasteiger partial charge in [-0.3, -0.25) is 4.79 Å². The molecular formula is C19H20ClN3O3. The van der Waals surface area contributed by atoms with E-state index in [2.05, 4.69) is 4.98 Å². The van der Waals surface area contributed by atoms with Crippen molar-refractivity contribution in [2.45, 2.75) is 38.4 Å². The molecule has 7 heteroatoms. The third-order valence-corrected chi connectivity index (χ3v) is 5.32. The van der Waals surface area contributed by atoms with Crippen LogP contribution in [0.15, 0.2) is 30.6 Å². The number of carbonyl (C=O) groups is 2. The molecule has 0 radical (unpaired) electrons. The number of rotatable bonds is 4. The number of esters is 1. The lowest BCUT2D eigenvalue weighted by molar-refractivity contribution is -0.154. The summed E-state index contributed by atoms with van der Waals surface area (Å²) in [5.41, 5.74) is 2.94. The van der Waals surface area contributed by atoms with Crippen LogP contribution in [0.4, 0.5) is 0 Å². The van der Waals surface area contributed by atoms with E-state index in [9.17, 15) is 9.59 Å². The van der Waals surface area contributed by atoms with Crippen molar-refractivity contribution in [1.82, 2.24) is 14.5 Å². The highest BCUT2D eigenvalue weighted by atomic mass is 35.5. The number of hydrogen-bond acceptors (Lipinski definition) is 4. The summed E-state index contributed by atoms with van der Waals surface area (Å²) in [6, 6.07) is 7.08. The van der Waals surface area contributed by atoms with Gasteiger partial charge in [0.2, 0.25) is 5.91 Å². The lowest BCUT2D eigenvalue weighted by atomic mass is 10.0. The molecule has 1 atom stereocenters. The predicted octanol–water partition coefficient (Wildman–Crippen LogP) is 2.42. The molecule has 0 N–H and O–H groups in total. The molecule has 0 unspecified atom stereocenters. The molecule has 1 aromatic carbocycles. The van der Waals surface area contributed by atoms with Gasteiger partial charge in [-0.1, -0.05) is 23.7 Å². The number of nitrogens with zero attached hydrogens (tertiary/aromatic N) is 3. The molecule has 0 spiro atoms. The maximum absolute atomic E-state index is 12.7. The molecule has 1 saturated carbocycles. The Bertz CT molecular complexity index is 842. The van der Waals surface area contributed by atoms with Gasteiger partial charge in [-0.2, -0.15) is 0 Å². The zero-order valence-corrected chi connectivity index (χ0v) is 15.3. The average Bonchev–Trinajstić information content (AvgIpc) is 3.44. The van der Waals surface area contributed by atoms with E-state index in [0.29, 0.717) is 24.5 Å². The first-order valence-electron chi connectivity index (χ1n) is 8.72. The third-order valence-electron chi connectivity index (χ3n) is 5.06. The minimum Gasteiger partial charge on any atom is -0.467 e. The number of halogens is 1. The Morgan fingerprint density at radius 3 is 2.65 bits per heavy atom. The lowest BCUT2D eigenvalue weighted by Gasteiger charge is -2.34. The molecule has 1 aliphatic carbocycles. The van der Waals surface area contributed by atoms with Crippen molar-refractivity contribution in [3.8, 4) is 0 Å². The average molecular weight is 374 g/mol. The fourth-order valence-electron chi connectivity index (χ4n) is 3.43. The summed E-state index contributed by atoms with van der Waals surface area (Å²) in [7, 11) is 1.36. The summed E-state index contributed by atoms with van der Waals surface area (Å²) in [5.74, 6) is -0.279. The molecule has 1 aliphatic heterocycles. The van der Waals surface area contributed by atoms with Crippen molar-refractivity contribution >= 4 is 23.5 Å². The number of ether oxygens (including phenoxy) is 1. The fraction of sp³-hybridized carbons (Fsp3) is 0.421. The monoisotopic (exact) mass is 373 g/mol. The molecule has 1 fully saturated rings. The highest BCUT2D eigenvalue weighted by Crippen LogP contribution is 2.34. The number of carbonyl (C=O) groups excluding carboxylic acids is 2. The molecule has 6 nitrogen and oxygen atoms in total. The number of hydrogen-bond donors (Lipinski definition) is 0. The topological polar surface area (TPSA) is 64.4 Å². The first-order chi connectivity index (χ1) is 12.6. The molecule has 0 bridgehead atoms. The summed E-state index contributed by atoms with van der Waals surface area (Å²) in [4.78, 5) is 31.1.